The van der Waals surface area contributed by atoms with Gasteiger partial charge in [0.2, 0.25) is 12.7 Å². The fourth-order valence-electron chi connectivity index (χ4n) is 2.87. The van der Waals surface area contributed by atoms with E-state index in [1.165, 1.54) is 0 Å². The van der Waals surface area contributed by atoms with Crippen LogP contribution in [0.2, 0.25) is 0 Å². The number of amides is 1. The van der Waals surface area contributed by atoms with Crippen LogP contribution in [0.5, 0.6) is 11.5 Å². The molecule has 0 bridgehead atoms. The van der Waals surface area contributed by atoms with Crippen molar-refractivity contribution in [3.05, 3.63) is 59.3 Å². The maximum absolute atomic E-state index is 12.1. The number of hydrogen-bond acceptors (Lipinski definition) is 6. The number of carbonyl (C=O) groups is 1. The molecule has 1 aliphatic heterocycles. The van der Waals surface area contributed by atoms with Gasteiger partial charge in [0.05, 0.1) is 6.61 Å². The predicted octanol–water partition coefficient (Wildman–Crippen LogP) is 3.84. The monoisotopic (exact) mass is 380 g/mol. The first-order valence-corrected chi connectivity index (χ1v) is 8.89. The topological polar surface area (TPSA) is 82.8 Å². The van der Waals surface area contributed by atoms with Gasteiger partial charge in [-0.3, -0.25) is 4.79 Å². The molecule has 1 aliphatic rings. The molecule has 0 aliphatic carbocycles. The molecule has 0 fully saturated rings. The second-order valence-electron chi connectivity index (χ2n) is 6.61. The summed E-state index contributed by atoms with van der Waals surface area (Å²) >= 11 is 0. The van der Waals surface area contributed by atoms with Crippen LogP contribution in [-0.4, -0.2) is 24.5 Å². The van der Waals surface area contributed by atoms with Crippen molar-refractivity contribution in [3.63, 3.8) is 0 Å². The molecule has 3 aromatic rings. The first kappa shape index (κ1) is 18.1. The minimum absolute atomic E-state index is 0.0698. The summed E-state index contributed by atoms with van der Waals surface area (Å²) in [5.41, 5.74) is 4.31. The average molecular weight is 380 g/mol. The van der Waals surface area contributed by atoms with Gasteiger partial charge in [0.25, 0.3) is 0 Å². The quantitative estimate of drug-likeness (QED) is 0.700. The molecule has 7 heteroatoms. The highest BCUT2D eigenvalue weighted by molar-refractivity contribution is 5.92. The number of nitrogens with one attached hydrogen (secondary N) is 1. The molecular weight excluding hydrogens is 360 g/mol. The Balaban J connectivity index is 1.31. The minimum atomic E-state index is -0.215. The number of anilines is 1. The van der Waals surface area contributed by atoms with Crippen molar-refractivity contribution in [2.24, 2.45) is 0 Å². The molecule has 0 saturated heterocycles. The van der Waals surface area contributed by atoms with E-state index in [1.807, 2.05) is 50.2 Å². The normalized spacial score (nSPS) is 12.2. The van der Waals surface area contributed by atoms with Gasteiger partial charge >= 0.3 is 0 Å². The van der Waals surface area contributed by atoms with Crippen LogP contribution in [-0.2, 0) is 16.1 Å². The van der Waals surface area contributed by atoms with Crippen molar-refractivity contribution < 1.29 is 23.5 Å². The molecule has 0 saturated carbocycles. The van der Waals surface area contributed by atoms with Gasteiger partial charge in [-0.2, -0.15) is 0 Å². The van der Waals surface area contributed by atoms with E-state index in [1.54, 1.807) is 6.07 Å². The van der Waals surface area contributed by atoms with E-state index < -0.39 is 0 Å². The predicted molar refractivity (Wildman–Crippen MR) is 102 cm³/mol. The van der Waals surface area contributed by atoms with Crippen LogP contribution in [0.15, 0.2) is 47.0 Å². The Hall–Kier alpha value is -3.32. The lowest BCUT2D eigenvalue weighted by atomic mass is 10.1. The second kappa shape index (κ2) is 7.74. The molecule has 1 aromatic heterocycles. The lowest BCUT2D eigenvalue weighted by molar-refractivity contribution is -0.121. The van der Waals surface area contributed by atoms with E-state index in [2.05, 4.69) is 10.5 Å². The first-order chi connectivity index (χ1) is 13.6. The third-order valence-electron chi connectivity index (χ3n) is 4.37. The maximum Gasteiger partial charge on any atom is 0.250 e. The van der Waals surface area contributed by atoms with Gasteiger partial charge in [0.15, 0.2) is 17.3 Å². The molecule has 144 valence electrons. The third-order valence-corrected chi connectivity index (χ3v) is 4.37. The molecule has 0 spiro atoms. The maximum atomic E-state index is 12.1. The number of nitrogens with zero attached hydrogens (tertiary/aromatic N) is 1. The number of benzene rings is 2. The van der Waals surface area contributed by atoms with Crippen LogP contribution in [0.25, 0.3) is 11.3 Å². The fourth-order valence-corrected chi connectivity index (χ4v) is 2.87. The SMILES string of the molecule is Cc1ccc(C)c(NC(=O)COCc2cc(-c3ccc4c(c3)OCO4)on2)c1. The van der Waals surface area contributed by atoms with Gasteiger partial charge in [0.1, 0.15) is 12.3 Å². The van der Waals surface area contributed by atoms with Crippen molar-refractivity contribution in [2.75, 3.05) is 18.7 Å². The Morgan fingerprint density at radius 3 is 2.86 bits per heavy atom. The lowest BCUT2D eigenvalue weighted by Gasteiger charge is -2.09. The number of carbonyl (C=O) groups excluding carboxylic acids is 1. The zero-order valence-corrected chi connectivity index (χ0v) is 15.7. The third kappa shape index (κ3) is 3.99. The summed E-state index contributed by atoms with van der Waals surface area (Å²) in [6.45, 7) is 4.25. The fraction of sp³-hybridized carbons (Fsp3) is 0.238. The van der Waals surface area contributed by atoms with Gasteiger partial charge < -0.3 is 24.1 Å². The Labute approximate surface area is 162 Å². The van der Waals surface area contributed by atoms with Gasteiger partial charge in [-0.15, -0.1) is 0 Å². The van der Waals surface area contributed by atoms with Crippen LogP contribution in [0, 0.1) is 13.8 Å². The number of aromatic nitrogens is 1. The van der Waals surface area contributed by atoms with Crippen molar-refractivity contribution >= 4 is 11.6 Å². The summed E-state index contributed by atoms with van der Waals surface area (Å²) in [4.78, 5) is 12.1. The molecule has 7 nitrogen and oxygen atoms in total. The highest BCUT2D eigenvalue weighted by Gasteiger charge is 2.16. The molecule has 2 heterocycles. The van der Waals surface area contributed by atoms with Gasteiger partial charge in [-0.05, 0) is 49.2 Å². The van der Waals surface area contributed by atoms with E-state index in [0.29, 0.717) is 23.0 Å². The number of aryl methyl sites for hydroxylation is 2. The van der Waals surface area contributed by atoms with Gasteiger partial charge in [0, 0.05) is 17.3 Å². The summed E-state index contributed by atoms with van der Waals surface area (Å²) in [7, 11) is 0. The number of hydrogen-bond donors (Lipinski definition) is 1. The summed E-state index contributed by atoms with van der Waals surface area (Å²) in [6, 6.07) is 13.2. The summed E-state index contributed by atoms with van der Waals surface area (Å²) in [5, 5.41) is 6.85. The van der Waals surface area contributed by atoms with Gasteiger partial charge in [-0.25, -0.2) is 0 Å². The van der Waals surface area contributed by atoms with Crippen LogP contribution < -0.4 is 14.8 Å². The number of rotatable bonds is 6. The van der Waals surface area contributed by atoms with Crippen LogP contribution in [0.4, 0.5) is 5.69 Å². The zero-order valence-electron chi connectivity index (χ0n) is 15.7. The van der Waals surface area contributed by atoms with Crippen LogP contribution in [0.3, 0.4) is 0 Å². The molecule has 0 unspecified atom stereocenters. The number of fused-ring (bicyclic) bond motifs is 1. The van der Waals surface area contributed by atoms with E-state index in [-0.39, 0.29) is 25.9 Å². The average Bonchev–Trinajstić information content (AvgIpc) is 3.33. The largest absolute Gasteiger partial charge is 0.454 e. The molecule has 28 heavy (non-hydrogen) atoms. The second-order valence-corrected chi connectivity index (χ2v) is 6.61. The van der Waals surface area contributed by atoms with Crippen molar-refractivity contribution in [1.82, 2.24) is 5.16 Å². The minimum Gasteiger partial charge on any atom is -0.454 e. The Kier molecular flexibility index (Phi) is 4.99. The molecular formula is C21H20N2O5. The molecule has 1 N–H and O–H groups in total. The van der Waals surface area contributed by atoms with Crippen LogP contribution >= 0.6 is 0 Å². The Morgan fingerprint density at radius 1 is 1.11 bits per heavy atom. The summed E-state index contributed by atoms with van der Waals surface area (Å²) in [6.07, 6.45) is 0. The smallest absolute Gasteiger partial charge is 0.250 e. The molecule has 2 aromatic carbocycles. The molecule has 4 rings (SSSR count). The van der Waals surface area contributed by atoms with E-state index in [9.17, 15) is 4.79 Å². The van der Waals surface area contributed by atoms with Crippen molar-refractivity contribution in [1.29, 1.82) is 0 Å². The first-order valence-electron chi connectivity index (χ1n) is 8.89. The van der Waals surface area contributed by atoms with Crippen molar-refractivity contribution in [3.8, 4) is 22.8 Å². The van der Waals surface area contributed by atoms with E-state index in [4.69, 9.17) is 18.7 Å². The van der Waals surface area contributed by atoms with Crippen molar-refractivity contribution in [2.45, 2.75) is 20.5 Å². The number of ether oxygens (including phenoxy) is 3. The van der Waals surface area contributed by atoms with Gasteiger partial charge in [-0.1, -0.05) is 17.3 Å². The summed E-state index contributed by atoms with van der Waals surface area (Å²) in [5.74, 6) is 1.77. The molecule has 0 radical (unpaired) electrons. The van der Waals surface area contributed by atoms with Crippen LogP contribution in [0.1, 0.15) is 16.8 Å². The standard InChI is InChI=1S/C21H20N2O5/c1-13-3-4-14(2)17(7-13)22-21(24)11-25-10-16-9-19(28-23-16)15-5-6-18-20(8-15)27-12-26-18/h3-9H,10-12H2,1-2H3,(H,22,24). The van der Waals surface area contributed by atoms with E-state index in [0.717, 1.165) is 22.4 Å². The highest BCUT2D eigenvalue weighted by atomic mass is 16.7. The Bertz CT molecular complexity index is 1010. The molecule has 1 amide bonds. The molecule has 0 atom stereocenters. The highest BCUT2D eigenvalue weighted by Crippen LogP contribution is 2.36. The Morgan fingerprint density at radius 2 is 1.96 bits per heavy atom. The summed E-state index contributed by atoms with van der Waals surface area (Å²) < 4.78 is 21.5. The zero-order chi connectivity index (χ0) is 19.5. The lowest BCUT2D eigenvalue weighted by Crippen LogP contribution is -2.18. The van der Waals surface area contributed by atoms with E-state index >= 15 is 0 Å².